The number of unbranched alkanes of at least 4 members (excludes halogenated alkanes) is 28. The number of hydrogen-bond acceptors (Lipinski definition) is 9. The van der Waals surface area contributed by atoms with Crippen LogP contribution in [0, 0.1) is 17.8 Å². The number of carbonyl (C=O) groups is 2. The molecule has 0 rings (SSSR count). The van der Waals surface area contributed by atoms with Crippen molar-refractivity contribution in [3.63, 3.8) is 0 Å². The molecule has 0 amide bonds. The van der Waals surface area contributed by atoms with Gasteiger partial charge in [0.15, 0.2) is 31.1 Å². The Bertz CT molecular complexity index is 1480. The number of carbonyl (C=O) groups excluding carboxylic acids is 1. The summed E-state index contributed by atoms with van der Waals surface area (Å²) in [4.78, 5) is 31.9. The Morgan fingerprint density at radius 2 is 0.635 bits per heavy atom. The van der Waals surface area contributed by atoms with Crippen molar-refractivity contribution in [1.82, 2.24) is 9.80 Å². The Balaban J connectivity index is 6.14. The maximum Gasteiger partial charge on any atom is 0.345 e. The third-order valence-corrected chi connectivity index (χ3v) is 20.4. The monoisotopic (exact) mass is 1260 g/mol. The van der Waals surface area contributed by atoms with Crippen LogP contribution in [0.1, 0.15) is 305 Å². The number of aliphatic hydroxyl groups excluding tert-OH is 1. The first-order chi connectivity index (χ1) is 40.3. The van der Waals surface area contributed by atoms with Crippen LogP contribution in [-0.4, -0.2) is 127 Å². The van der Waals surface area contributed by atoms with E-state index >= 15 is 0 Å². The predicted octanol–water partition coefficient (Wildman–Crippen LogP) is 21.2. The first-order valence-electron chi connectivity index (χ1n) is 36.9. The number of aliphatic carboxylic acids is 1. The number of hydrogen-bond donors (Lipinski definition) is 2. The van der Waals surface area contributed by atoms with E-state index in [4.69, 9.17) is 18.0 Å². The Kier molecular flexibility index (Phi) is 52.5. The summed E-state index contributed by atoms with van der Waals surface area (Å²) in [5.41, 5.74) is 0. The molecule has 0 aliphatic carbocycles. The Hall–Kier alpha value is -0.649. The summed E-state index contributed by atoms with van der Waals surface area (Å²) in [7, 11) is -5.49. The Morgan fingerprint density at radius 3 is 0.929 bits per heavy atom. The van der Waals surface area contributed by atoms with Crippen molar-refractivity contribution in [3.8, 4) is 0 Å². The van der Waals surface area contributed by atoms with Gasteiger partial charge in [-0.15, -0.1) is 0 Å². The average Bonchev–Trinajstić information content (AvgIpc) is 3.60. The molecular weight excluding hydrogens is 1110 g/mol. The van der Waals surface area contributed by atoms with Gasteiger partial charge in [0.1, 0.15) is 0 Å². The molecule has 0 heterocycles. The second-order valence-electron chi connectivity index (χ2n) is 30.1. The molecule has 2 N–H and O–H groups in total. The molecule has 8 unspecified atom stereocenters. The summed E-state index contributed by atoms with van der Waals surface area (Å²) in [6.07, 6.45) is 46.7. The van der Waals surface area contributed by atoms with E-state index in [1.54, 1.807) is 0 Å². The molecule has 0 bridgehead atoms. The minimum atomic E-state index is -1.85. The van der Waals surface area contributed by atoms with Crippen molar-refractivity contribution in [3.05, 3.63) is 0 Å². The van der Waals surface area contributed by atoms with Crippen LogP contribution in [0.2, 0.25) is 58.9 Å². The molecule has 0 saturated heterocycles. The maximum absolute atomic E-state index is 13.8. The highest BCUT2D eigenvalue weighted by Gasteiger charge is 2.34. The van der Waals surface area contributed by atoms with Gasteiger partial charge in [0.25, 0.3) is 0 Å². The van der Waals surface area contributed by atoms with Crippen LogP contribution in [0.25, 0.3) is 0 Å². The van der Waals surface area contributed by atoms with E-state index in [-0.39, 0.29) is 24.2 Å². The molecule has 0 radical (unpaired) electrons. The summed E-state index contributed by atoms with van der Waals surface area (Å²) in [5.74, 6) is -2.20. The van der Waals surface area contributed by atoms with Gasteiger partial charge >= 0.3 is 11.9 Å². The molecule has 0 saturated carbocycles. The Labute approximate surface area is 533 Å². The van der Waals surface area contributed by atoms with Gasteiger partial charge in [-0.25, -0.2) is 9.59 Å². The van der Waals surface area contributed by atoms with Gasteiger partial charge in [-0.3, -0.25) is 4.90 Å². The molecule has 0 spiro atoms. The van der Waals surface area contributed by atoms with Crippen molar-refractivity contribution in [2.45, 2.75) is 395 Å². The van der Waals surface area contributed by atoms with Gasteiger partial charge in [0.05, 0.1) is 18.3 Å². The molecule has 0 fully saturated rings. The second kappa shape index (κ2) is 52.9. The van der Waals surface area contributed by atoms with Crippen molar-refractivity contribution in [1.29, 1.82) is 0 Å². The van der Waals surface area contributed by atoms with Crippen LogP contribution >= 0.6 is 0 Å². The van der Waals surface area contributed by atoms with Crippen molar-refractivity contribution < 1.29 is 37.8 Å². The first kappa shape index (κ1) is 84.4. The lowest BCUT2D eigenvalue weighted by atomic mass is 9.96. The van der Waals surface area contributed by atoms with E-state index in [1.807, 2.05) is 13.8 Å². The van der Waals surface area contributed by atoms with E-state index in [1.165, 1.54) is 212 Å². The number of esters is 1. The van der Waals surface area contributed by atoms with E-state index in [0.29, 0.717) is 18.8 Å². The SMILES string of the molecule is CCCCCCCCCCC(C)CN(CCCC(C)C(O)C(=O)OC(C(=O)O)C(C)CCCN(CC(CCCCCCCCCC)O[Si](C)(C)C)CC(CCCCCCCCCC)O[Si](C)(C)C)CC(CCCCCCCCCC)O[Si](C)(C)C. The molecule has 0 aliphatic rings. The highest BCUT2D eigenvalue weighted by Crippen LogP contribution is 2.25. The molecule has 8 atom stereocenters. The molecule has 0 aromatic heterocycles. The number of nitrogens with zero attached hydrogens (tertiary/aromatic N) is 2. The Morgan fingerprint density at radius 1 is 0.365 bits per heavy atom. The van der Waals surface area contributed by atoms with Crippen LogP contribution < -0.4 is 0 Å². The van der Waals surface area contributed by atoms with Crippen LogP contribution in [-0.2, 0) is 27.6 Å². The summed E-state index contributed by atoms with van der Waals surface area (Å²) in [6, 6.07) is 0. The lowest BCUT2D eigenvalue weighted by Crippen LogP contribution is -2.45. The molecule has 0 aromatic carbocycles. The molecule has 0 aromatic rings. The molecular formula is C72H150N2O8Si3. The predicted molar refractivity (Wildman–Crippen MR) is 376 cm³/mol. The van der Waals surface area contributed by atoms with Crippen LogP contribution in [0.4, 0.5) is 0 Å². The fraction of sp³-hybridized carbons (Fsp3) is 0.972. The van der Waals surface area contributed by atoms with Crippen molar-refractivity contribution >= 4 is 36.9 Å². The topological polar surface area (TPSA) is 118 Å². The highest BCUT2D eigenvalue weighted by atomic mass is 28.4. The molecule has 508 valence electrons. The van der Waals surface area contributed by atoms with Gasteiger partial charge in [-0.2, -0.15) is 0 Å². The van der Waals surface area contributed by atoms with Gasteiger partial charge in [-0.1, -0.05) is 254 Å². The zero-order valence-electron chi connectivity index (χ0n) is 59.9. The van der Waals surface area contributed by atoms with Gasteiger partial charge < -0.3 is 33.1 Å². The molecule has 10 nitrogen and oxygen atoms in total. The molecule has 13 heteroatoms. The largest absolute Gasteiger partial charge is 0.478 e. The minimum Gasteiger partial charge on any atom is -0.478 e. The fourth-order valence-electron chi connectivity index (χ4n) is 12.5. The highest BCUT2D eigenvalue weighted by molar-refractivity contribution is 6.70. The standard InChI is InChI=1S/C72H150N2O8Si3/c1-17-21-25-29-33-37-41-45-51-63(5)59-73(60-66(80-83(8,9)10)54-46-42-38-34-30-26-22-18-2)57-49-52-64(6)69(75)72(78)79-70(71(76)77)65(7)53-50-58-74(61-67(81-84(11,12)13)55-47-43-39-35-31-27-23-19-3)62-68(82-85(14,15)16)56-48-44-40-36-32-28-24-20-4/h63-70,75H,17-62H2,1-16H3,(H,76,77). The average molecular weight is 1260 g/mol. The van der Waals surface area contributed by atoms with Gasteiger partial charge in [-0.05, 0) is 135 Å². The number of aliphatic hydroxyl groups is 1. The quantitative estimate of drug-likeness (QED) is 0.0346. The zero-order valence-corrected chi connectivity index (χ0v) is 62.9. The number of ether oxygens (including phenoxy) is 1. The van der Waals surface area contributed by atoms with E-state index in [2.05, 4.69) is 103 Å². The lowest BCUT2D eigenvalue weighted by Gasteiger charge is -2.36. The molecule has 85 heavy (non-hydrogen) atoms. The lowest BCUT2D eigenvalue weighted by molar-refractivity contribution is -0.175. The smallest absolute Gasteiger partial charge is 0.345 e. The fourth-order valence-corrected chi connectivity index (χ4v) is 16.1. The normalized spacial score (nSPS) is 15.5. The summed E-state index contributed by atoms with van der Waals surface area (Å²) in [5, 5.41) is 22.1. The van der Waals surface area contributed by atoms with Gasteiger partial charge in [0.2, 0.25) is 6.10 Å². The first-order valence-corrected chi connectivity index (χ1v) is 47.2. The second-order valence-corrected chi connectivity index (χ2v) is 43.5. The third kappa shape index (κ3) is 52.7. The van der Waals surface area contributed by atoms with Crippen molar-refractivity contribution in [2.75, 3.05) is 39.3 Å². The van der Waals surface area contributed by atoms with Crippen molar-refractivity contribution in [2.24, 2.45) is 17.8 Å². The number of carboxylic acids is 1. The maximum atomic E-state index is 13.8. The van der Waals surface area contributed by atoms with E-state index in [0.717, 1.165) is 71.4 Å². The minimum absolute atomic E-state index is 0.137. The van der Waals surface area contributed by atoms with Crippen LogP contribution in [0.3, 0.4) is 0 Å². The van der Waals surface area contributed by atoms with Gasteiger partial charge in [0, 0.05) is 32.1 Å². The van der Waals surface area contributed by atoms with E-state index in [9.17, 15) is 19.8 Å². The summed E-state index contributed by atoms with van der Waals surface area (Å²) >= 11 is 0. The van der Waals surface area contributed by atoms with E-state index < -0.39 is 55.0 Å². The van der Waals surface area contributed by atoms with Crippen LogP contribution in [0.15, 0.2) is 0 Å². The van der Waals surface area contributed by atoms with Crippen LogP contribution in [0.5, 0.6) is 0 Å². The third-order valence-electron chi connectivity index (χ3n) is 17.3. The summed E-state index contributed by atoms with van der Waals surface area (Å²) in [6.45, 7) is 41.4. The number of rotatable bonds is 63. The summed E-state index contributed by atoms with van der Waals surface area (Å²) < 4.78 is 26.7. The molecule has 0 aliphatic heterocycles. The zero-order chi connectivity index (χ0) is 63.8. The number of carboxylic acid groups (broad SMARTS) is 1.